The predicted molar refractivity (Wildman–Crippen MR) is 118 cm³/mol. The fourth-order valence-electron chi connectivity index (χ4n) is 3.34. The molecule has 0 fully saturated rings. The van der Waals surface area contributed by atoms with Gasteiger partial charge in [-0.3, -0.25) is 4.79 Å². The first kappa shape index (κ1) is 21.6. The molecule has 0 aliphatic carbocycles. The first-order valence-corrected chi connectivity index (χ1v) is 10.2. The summed E-state index contributed by atoms with van der Waals surface area (Å²) < 4.78 is 6.17. The van der Waals surface area contributed by atoms with E-state index in [2.05, 4.69) is 20.8 Å². The molecule has 0 bridgehead atoms. The number of aliphatic hydroxyl groups excluding tert-OH is 1. The zero-order chi connectivity index (χ0) is 21.7. The van der Waals surface area contributed by atoms with Crippen LogP contribution in [0, 0.1) is 0 Å². The van der Waals surface area contributed by atoms with Crippen molar-refractivity contribution in [1.82, 2.24) is 0 Å². The number of phenols is 1. The number of phenolic OH excluding ortho intramolecular Hbond substituents is 1. The number of ether oxygens (including phenoxy) is 1. The van der Waals surface area contributed by atoms with Crippen molar-refractivity contribution < 1.29 is 19.7 Å². The smallest absolute Gasteiger partial charge is 0.196 e. The van der Waals surface area contributed by atoms with Crippen molar-refractivity contribution in [3.05, 3.63) is 95.1 Å². The number of hydrogen-bond donors (Lipinski definition) is 2. The van der Waals surface area contributed by atoms with E-state index in [1.165, 1.54) is 6.07 Å². The molecule has 3 aromatic carbocycles. The normalized spacial score (nSPS) is 12.4. The Morgan fingerprint density at radius 3 is 2.17 bits per heavy atom. The summed E-state index contributed by atoms with van der Waals surface area (Å²) in [7, 11) is 0. The van der Waals surface area contributed by atoms with E-state index in [1.807, 2.05) is 36.4 Å². The zero-order valence-electron chi connectivity index (χ0n) is 17.6. The number of carbonyl (C=O) groups is 1. The fourth-order valence-corrected chi connectivity index (χ4v) is 3.34. The highest BCUT2D eigenvalue weighted by molar-refractivity contribution is 6.10. The van der Waals surface area contributed by atoms with Crippen LogP contribution in [0.5, 0.6) is 11.5 Å². The Balaban J connectivity index is 2.07. The van der Waals surface area contributed by atoms with Crippen molar-refractivity contribution in [2.24, 2.45) is 0 Å². The van der Waals surface area contributed by atoms with Crippen molar-refractivity contribution >= 4 is 5.78 Å². The third-order valence-corrected chi connectivity index (χ3v) is 5.60. The molecule has 4 nitrogen and oxygen atoms in total. The maximum atomic E-state index is 13.0. The summed E-state index contributed by atoms with van der Waals surface area (Å²) >= 11 is 0. The van der Waals surface area contributed by atoms with E-state index in [9.17, 15) is 15.0 Å². The van der Waals surface area contributed by atoms with Gasteiger partial charge in [-0.1, -0.05) is 81.4 Å². The largest absolute Gasteiger partial charge is 0.507 e. The Bertz CT molecular complexity index is 994. The van der Waals surface area contributed by atoms with E-state index in [4.69, 9.17) is 4.74 Å². The van der Waals surface area contributed by atoms with E-state index < -0.39 is 6.10 Å². The van der Waals surface area contributed by atoms with Crippen LogP contribution >= 0.6 is 0 Å². The van der Waals surface area contributed by atoms with E-state index in [0.717, 1.165) is 17.5 Å². The molecule has 0 heterocycles. The standard InChI is InChI=1S/C26H28O4/c1-4-26(2,3)21-15-20(25(29)19-13-9-6-10-14-19)22(28)16-23(21)30-24(17-27)18-11-7-5-8-12-18/h5-16,24,27-28H,4,17H2,1-3H3. The quantitative estimate of drug-likeness (QED) is 0.492. The second-order valence-corrected chi connectivity index (χ2v) is 8.00. The molecule has 0 spiro atoms. The van der Waals surface area contributed by atoms with Crippen LogP contribution in [-0.2, 0) is 5.41 Å². The van der Waals surface area contributed by atoms with E-state index in [0.29, 0.717) is 11.3 Å². The van der Waals surface area contributed by atoms with Crippen LogP contribution < -0.4 is 4.74 Å². The number of rotatable bonds is 8. The molecule has 0 aliphatic heterocycles. The summed E-state index contributed by atoms with van der Waals surface area (Å²) in [6, 6.07) is 21.6. The van der Waals surface area contributed by atoms with Gasteiger partial charge >= 0.3 is 0 Å². The highest BCUT2D eigenvalue weighted by atomic mass is 16.5. The number of benzene rings is 3. The lowest BCUT2D eigenvalue weighted by atomic mass is 9.80. The molecule has 0 saturated carbocycles. The van der Waals surface area contributed by atoms with Gasteiger partial charge in [0.25, 0.3) is 0 Å². The molecule has 1 unspecified atom stereocenters. The van der Waals surface area contributed by atoms with Gasteiger partial charge in [-0.2, -0.15) is 0 Å². The maximum Gasteiger partial charge on any atom is 0.196 e. The lowest BCUT2D eigenvalue weighted by Gasteiger charge is -2.29. The third kappa shape index (κ3) is 4.55. The Morgan fingerprint density at radius 2 is 1.60 bits per heavy atom. The van der Waals surface area contributed by atoms with Gasteiger partial charge in [0.15, 0.2) is 5.78 Å². The summed E-state index contributed by atoms with van der Waals surface area (Å²) in [4.78, 5) is 13.0. The second-order valence-electron chi connectivity index (χ2n) is 8.00. The highest BCUT2D eigenvalue weighted by Gasteiger charge is 2.28. The van der Waals surface area contributed by atoms with Gasteiger partial charge in [0.1, 0.15) is 17.6 Å². The van der Waals surface area contributed by atoms with Crippen molar-refractivity contribution in [3.8, 4) is 11.5 Å². The summed E-state index contributed by atoms with van der Waals surface area (Å²) in [6.45, 7) is 6.00. The first-order chi connectivity index (χ1) is 14.4. The minimum absolute atomic E-state index is 0.140. The van der Waals surface area contributed by atoms with Crippen LogP contribution in [0.25, 0.3) is 0 Å². The number of hydrogen-bond acceptors (Lipinski definition) is 4. The van der Waals surface area contributed by atoms with Crippen LogP contribution in [0.1, 0.15) is 60.3 Å². The summed E-state index contributed by atoms with van der Waals surface area (Å²) in [5.74, 6) is 0.0840. The average molecular weight is 405 g/mol. The Labute approximate surface area is 177 Å². The van der Waals surface area contributed by atoms with Crippen molar-refractivity contribution in [3.63, 3.8) is 0 Å². The predicted octanol–water partition coefficient (Wildman–Crippen LogP) is 5.42. The van der Waals surface area contributed by atoms with Gasteiger partial charge in [0, 0.05) is 17.2 Å². The van der Waals surface area contributed by atoms with Crippen molar-refractivity contribution in [1.29, 1.82) is 0 Å². The number of aliphatic hydroxyl groups is 1. The SMILES string of the molecule is CCC(C)(C)c1cc(C(=O)c2ccccc2)c(O)cc1OC(CO)c1ccccc1. The molecule has 0 radical (unpaired) electrons. The number of ketones is 1. The summed E-state index contributed by atoms with van der Waals surface area (Å²) in [6.07, 6.45) is 0.232. The van der Waals surface area contributed by atoms with Gasteiger partial charge in [0.2, 0.25) is 0 Å². The summed E-state index contributed by atoms with van der Waals surface area (Å²) in [5, 5.41) is 20.6. The minimum Gasteiger partial charge on any atom is -0.507 e. The average Bonchev–Trinajstić information content (AvgIpc) is 2.78. The van der Waals surface area contributed by atoms with E-state index in [1.54, 1.807) is 30.3 Å². The topological polar surface area (TPSA) is 66.8 Å². The molecular formula is C26H28O4. The van der Waals surface area contributed by atoms with Crippen LogP contribution in [-0.4, -0.2) is 22.6 Å². The maximum absolute atomic E-state index is 13.0. The lowest BCUT2D eigenvalue weighted by Crippen LogP contribution is -2.20. The lowest BCUT2D eigenvalue weighted by molar-refractivity contribution is 0.103. The van der Waals surface area contributed by atoms with E-state index in [-0.39, 0.29) is 29.1 Å². The van der Waals surface area contributed by atoms with Gasteiger partial charge in [0.05, 0.1) is 12.2 Å². The molecule has 0 amide bonds. The van der Waals surface area contributed by atoms with E-state index >= 15 is 0 Å². The van der Waals surface area contributed by atoms with Gasteiger partial charge in [-0.05, 0) is 23.5 Å². The Morgan fingerprint density at radius 1 is 1.00 bits per heavy atom. The highest BCUT2D eigenvalue weighted by Crippen LogP contribution is 2.40. The van der Waals surface area contributed by atoms with Crippen molar-refractivity contribution in [2.75, 3.05) is 6.61 Å². The molecule has 0 aliphatic rings. The molecule has 0 saturated heterocycles. The molecular weight excluding hydrogens is 376 g/mol. The Kier molecular flexibility index (Phi) is 6.58. The third-order valence-electron chi connectivity index (χ3n) is 5.60. The molecule has 4 heteroatoms. The number of aromatic hydroxyl groups is 1. The van der Waals surface area contributed by atoms with Crippen LogP contribution in [0.3, 0.4) is 0 Å². The van der Waals surface area contributed by atoms with Gasteiger partial charge in [-0.15, -0.1) is 0 Å². The first-order valence-electron chi connectivity index (χ1n) is 10.2. The van der Waals surface area contributed by atoms with Crippen molar-refractivity contribution in [2.45, 2.75) is 38.7 Å². The molecule has 3 aromatic rings. The molecule has 30 heavy (non-hydrogen) atoms. The van der Waals surface area contributed by atoms with Crippen LogP contribution in [0.15, 0.2) is 72.8 Å². The zero-order valence-corrected chi connectivity index (χ0v) is 17.6. The molecule has 156 valence electrons. The monoisotopic (exact) mass is 404 g/mol. The van der Waals surface area contributed by atoms with Gasteiger partial charge < -0.3 is 14.9 Å². The van der Waals surface area contributed by atoms with Crippen LogP contribution in [0.4, 0.5) is 0 Å². The molecule has 2 N–H and O–H groups in total. The van der Waals surface area contributed by atoms with Crippen LogP contribution in [0.2, 0.25) is 0 Å². The number of carbonyl (C=O) groups excluding carboxylic acids is 1. The molecule has 3 rings (SSSR count). The fraction of sp³-hybridized carbons (Fsp3) is 0.269. The van der Waals surface area contributed by atoms with Gasteiger partial charge in [-0.25, -0.2) is 0 Å². The Hall–Kier alpha value is -3.11. The minimum atomic E-state index is -0.576. The molecule has 0 aromatic heterocycles. The molecule has 1 atom stereocenters. The summed E-state index contributed by atoms with van der Waals surface area (Å²) in [5.41, 5.74) is 2.11. The second kappa shape index (κ2) is 9.14.